The van der Waals surface area contributed by atoms with Gasteiger partial charge in [0.25, 0.3) is 5.91 Å². The molecule has 3 amide bonds. The summed E-state index contributed by atoms with van der Waals surface area (Å²) in [7, 11) is 1.12. The summed E-state index contributed by atoms with van der Waals surface area (Å²) in [4.78, 5) is 56.5. The van der Waals surface area contributed by atoms with Crippen LogP contribution in [0, 0.1) is 5.92 Å². The van der Waals surface area contributed by atoms with Crippen LogP contribution >= 0.6 is 0 Å². The molecule has 0 aromatic heterocycles. The number of carbonyl (C=O) groups excluding carboxylic acids is 4. The Kier molecular flexibility index (Phi) is 4.23. The third kappa shape index (κ3) is 2.39. The number of aliphatic imine (C=N–C) groups is 1. The molecular weight excluding hydrogens is 392 g/mol. The number of nitrogens with two attached hydrogens (primary N) is 2. The highest BCUT2D eigenvalue weighted by atomic mass is 16.5. The van der Waals surface area contributed by atoms with Crippen LogP contribution in [0.1, 0.15) is 12.5 Å². The minimum atomic E-state index is -1.91. The Balaban J connectivity index is 2.10. The van der Waals surface area contributed by atoms with Crippen molar-refractivity contribution in [3.05, 3.63) is 53.1 Å². The fourth-order valence-corrected chi connectivity index (χ4v) is 4.36. The first-order chi connectivity index (χ1) is 14.2. The van der Waals surface area contributed by atoms with E-state index in [-0.39, 0.29) is 17.2 Å². The lowest BCUT2D eigenvalue weighted by atomic mass is 9.63. The Bertz CT molecular complexity index is 1120. The molecule has 10 heteroatoms. The van der Waals surface area contributed by atoms with Crippen LogP contribution < -0.4 is 16.4 Å². The highest BCUT2D eigenvalue weighted by Crippen LogP contribution is 2.56. The van der Waals surface area contributed by atoms with Crippen molar-refractivity contribution in [2.24, 2.45) is 22.4 Å². The number of primary amides is 1. The zero-order chi connectivity index (χ0) is 21.8. The van der Waals surface area contributed by atoms with Crippen LogP contribution in [-0.4, -0.2) is 43.1 Å². The number of amides is 3. The Morgan fingerprint density at radius 2 is 2.00 bits per heavy atom. The number of fused-ring (bicyclic) bond motifs is 4. The first-order valence-corrected chi connectivity index (χ1v) is 9.00. The van der Waals surface area contributed by atoms with Gasteiger partial charge < -0.3 is 25.8 Å². The lowest BCUT2D eigenvalue weighted by molar-refractivity contribution is -0.142. The molecule has 0 saturated heterocycles. The number of hydrogen-bond acceptors (Lipinski definition) is 7. The van der Waals surface area contributed by atoms with Gasteiger partial charge in [-0.1, -0.05) is 18.2 Å². The van der Waals surface area contributed by atoms with E-state index in [1.807, 2.05) is 0 Å². The minimum Gasteiger partial charge on any atom is -0.465 e. The van der Waals surface area contributed by atoms with Crippen LogP contribution in [0.5, 0.6) is 0 Å². The summed E-state index contributed by atoms with van der Waals surface area (Å²) < 4.78 is 10.5. The van der Waals surface area contributed by atoms with Gasteiger partial charge in [0.1, 0.15) is 29.2 Å². The standard InChI is InChI=1S/C20H18N4O6/c1-9-7-12-14(17(26)23-9)20(15(16(22)30-12)18(27)29-2)10-5-3-4-6-11(10)24(19(20)28)8-13(21)25/h3-7,14H,8,22H2,1-2H3,(H2,21,25). The molecule has 0 fully saturated rings. The third-order valence-electron chi connectivity index (χ3n) is 5.38. The van der Waals surface area contributed by atoms with Crippen molar-refractivity contribution in [2.45, 2.75) is 12.3 Å². The van der Waals surface area contributed by atoms with Gasteiger partial charge in [-0.15, -0.1) is 0 Å². The number of esters is 1. The summed E-state index contributed by atoms with van der Waals surface area (Å²) in [6.45, 7) is 1.14. The molecule has 1 aromatic rings. The first kappa shape index (κ1) is 19.4. The Hall–Kier alpha value is -3.95. The van der Waals surface area contributed by atoms with Crippen molar-refractivity contribution in [3.8, 4) is 0 Å². The molecule has 3 aliphatic heterocycles. The molecule has 4 N–H and O–H groups in total. The van der Waals surface area contributed by atoms with Crippen LogP contribution in [0.15, 0.2) is 52.5 Å². The molecule has 4 rings (SSSR count). The number of hydrogen-bond donors (Lipinski definition) is 2. The van der Waals surface area contributed by atoms with Crippen LogP contribution in [-0.2, 0) is 34.1 Å². The molecule has 2 atom stereocenters. The van der Waals surface area contributed by atoms with E-state index in [1.165, 1.54) is 6.08 Å². The van der Waals surface area contributed by atoms with Gasteiger partial charge in [-0.05, 0) is 24.6 Å². The number of rotatable bonds is 3. The molecule has 1 aromatic carbocycles. The smallest absolute Gasteiger partial charge is 0.340 e. The summed E-state index contributed by atoms with van der Waals surface area (Å²) in [5, 5.41) is 0. The van der Waals surface area contributed by atoms with E-state index >= 15 is 0 Å². The fraction of sp³-hybridized carbons (Fsp3) is 0.250. The minimum absolute atomic E-state index is 0.0849. The van der Waals surface area contributed by atoms with E-state index in [9.17, 15) is 19.2 Å². The van der Waals surface area contributed by atoms with Crippen LogP contribution in [0.3, 0.4) is 0 Å². The van der Waals surface area contributed by atoms with Gasteiger partial charge in [0.2, 0.25) is 17.7 Å². The number of methoxy groups -OCH3 is 1. The predicted molar refractivity (Wildman–Crippen MR) is 104 cm³/mol. The molecule has 0 saturated carbocycles. The number of dihydropyridines is 1. The monoisotopic (exact) mass is 410 g/mol. The maximum absolute atomic E-state index is 13.9. The molecule has 2 unspecified atom stereocenters. The van der Waals surface area contributed by atoms with E-state index in [0.29, 0.717) is 17.0 Å². The summed E-state index contributed by atoms with van der Waals surface area (Å²) in [5.41, 5.74) is 10.2. The van der Waals surface area contributed by atoms with E-state index in [4.69, 9.17) is 20.9 Å². The van der Waals surface area contributed by atoms with Gasteiger partial charge in [-0.3, -0.25) is 14.4 Å². The molecular formula is C20H18N4O6. The highest BCUT2D eigenvalue weighted by molar-refractivity contribution is 6.21. The third-order valence-corrected chi connectivity index (χ3v) is 5.38. The Labute approximate surface area is 170 Å². The van der Waals surface area contributed by atoms with Gasteiger partial charge >= 0.3 is 5.97 Å². The van der Waals surface area contributed by atoms with Crippen LogP contribution in [0.25, 0.3) is 0 Å². The molecule has 30 heavy (non-hydrogen) atoms. The first-order valence-electron chi connectivity index (χ1n) is 9.00. The number of para-hydroxylation sites is 1. The summed E-state index contributed by atoms with van der Waals surface area (Å²) in [5.74, 6) is -4.67. The maximum atomic E-state index is 13.9. The topological polar surface area (TPSA) is 154 Å². The molecule has 3 heterocycles. The molecule has 10 nitrogen and oxygen atoms in total. The Morgan fingerprint density at radius 1 is 1.30 bits per heavy atom. The zero-order valence-corrected chi connectivity index (χ0v) is 16.2. The van der Waals surface area contributed by atoms with Crippen molar-refractivity contribution in [3.63, 3.8) is 0 Å². The second-order valence-electron chi connectivity index (χ2n) is 7.09. The van der Waals surface area contributed by atoms with Crippen molar-refractivity contribution in [1.29, 1.82) is 0 Å². The molecule has 0 aliphatic carbocycles. The SMILES string of the molecule is COC(=O)C1=C(N)OC2=CC(C)=NC(=O)C2C12C(=O)N(CC(N)=O)c1ccccc12. The molecule has 3 aliphatic rings. The highest BCUT2D eigenvalue weighted by Gasteiger charge is 2.67. The Morgan fingerprint density at radius 3 is 2.67 bits per heavy atom. The van der Waals surface area contributed by atoms with E-state index in [0.717, 1.165) is 12.0 Å². The van der Waals surface area contributed by atoms with Gasteiger partial charge in [-0.25, -0.2) is 9.79 Å². The van der Waals surface area contributed by atoms with E-state index in [1.54, 1.807) is 31.2 Å². The second kappa shape index (κ2) is 6.55. The summed E-state index contributed by atoms with van der Waals surface area (Å²) in [6.07, 6.45) is 1.49. The number of nitrogens with zero attached hydrogens (tertiary/aromatic N) is 2. The fourth-order valence-electron chi connectivity index (χ4n) is 4.36. The van der Waals surface area contributed by atoms with Gasteiger partial charge in [0, 0.05) is 11.4 Å². The largest absolute Gasteiger partial charge is 0.465 e. The van der Waals surface area contributed by atoms with Crippen molar-refractivity contribution in [1.82, 2.24) is 0 Å². The number of benzene rings is 1. The lowest BCUT2D eigenvalue weighted by Gasteiger charge is -2.41. The van der Waals surface area contributed by atoms with Crippen molar-refractivity contribution < 1.29 is 28.7 Å². The predicted octanol–water partition coefficient (Wildman–Crippen LogP) is -0.369. The molecule has 0 radical (unpaired) electrons. The van der Waals surface area contributed by atoms with Crippen molar-refractivity contribution in [2.75, 3.05) is 18.6 Å². The maximum Gasteiger partial charge on any atom is 0.340 e. The summed E-state index contributed by atoms with van der Waals surface area (Å²) in [6, 6.07) is 6.49. The average Bonchev–Trinajstić information content (AvgIpc) is 2.90. The molecule has 0 bridgehead atoms. The van der Waals surface area contributed by atoms with E-state index < -0.39 is 41.6 Å². The van der Waals surface area contributed by atoms with E-state index in [2.05, 4.69) is 4.99 Å². The number of ether oxygens (including phenoxy) is 2. The normalized spacial score (nSPS) is 24.7. The number of carbonyl (C=O) groups is 4. The average molecular weight is 410 g/mol. The number of allylic oxidation sites excluding steroid dienone is 1. The van der Waals surface area contributed by atoms with Gasteiger partial charge in [0.15, 0.2) is 0 Å². The van der Waals surface area contributed by atoms with Crippen molar-refractivity contribution >= 4 is 35.1 Å². The quantitative estimate of drug-likeness (QED) is 0.644. The van der Waals surface area contributed by atoms with Crippen LogP contribution in [0.4, 0.5) is 5.69 Å². The molecule has 154 valence electrons. The molecule has 1 spiro atoms. The van der Waals surface area contributed by atoms with Gasteiger partial charge in [0.05, 0.1) is 7.11 Å². The lowest BCUT2D eigenvalue weighted by Crippen LogP contribution is -2.56. The van der Waals surface area contributed by atoms with Crippen LogP contribution in [0.2, 0.25) is 0 Å². The van der Waals surface area contributed by atoms with Gasteiger partial charge in [-0.2, -0.15) is 0 Å². The summed E-state index contributed by atoms with van der Waals surface area (Å²) >= 11 is 0. The number of anilines is 1. The second-order valence-corrected chi connectivity index (χ2v) is 7.09. The zero-order valence-electron chi connectivity index (χ0n) is 16.2.